The molecule has 3 nitrogen and oxygen atoms in total. The highest BCUT2D eigenvalue weighted by atomic mass is 79.9. The first-order valence-electron chi connectivity index (χ1n) is 3.48. The second-order valence-electron chi connectivity index (χ2n) is 3.23. The molecule has 0 unspecified atom stereocenters. The van der Waals surface area contributed by atoms with E-state index in [2.05, 4.69) is 20.7 Å². The number of sulfonamides is 1. The summed E-state index contributed by atoms with van der Waals surface area (Å²) in [6.45, 7) is 0.580. The largest absolute Gasteiger partial charge is 0.215 e. The Balaban J connectivity index is 2.33. The molecule has 0 aromatic heterocycles. The molecule has 0 aromatic rings. The molecule has 1 aliphatic carbocycles. The maximum atomic E-state index is 10.7. The van der Waals surface area contributed by atoms with Gasteiger partial charge in [-0.15, -0.1) is 0 Å². The highest BCUT2D eigenvalue weighted by molar-refractivity contribution is 9.09. The van der Waals surface area contributed by atoms with Crippen molar-refractivity contribution in [2.45, 2.75) is 12.8 Å². The predicted molar refractivity (Wildman–Crippen MR) is 48.3 cm³/mol. The average Bonchev–Trinajstić information content (AvgIpc) is 2.63. The topological polar surface area (TPSA) is 46.2 Å². The maximum Gasteiger partial charge on any atom is 0.208 e. The zero-order valence-corrected chi connectivity index (χ0v) is 8.83. The maximum absolute atomic E-state index is 10.7. The van der Waals surface area contributed by atoms with Crippen LogP contribution in [0.2, 0.25) is 0 Å². The fraction of sp³-hybridized carbons (Fsp3) is 1.00. The van der Waals surface area contributed by atoms with E-state index in [0.29, 0.717) is 6.54 Å². The van der Waals surface area contributed by atoms with Crippen molar-refractivity contribution in [1.82, 2.24) is 4.72 Å². The van der Waals surface area contributed by atoms with E-state index in [1.54, 1.807) is 0 Å². The molecule has 0 bridgehead atoms. The summed E-state index contributed by atoms with van der Waals surface area (Å²) in [4.78, 5) is 0. The number of halogens is 1. The molecule has 0 heterocycles. The summed E-state index contributed by atoms with van der Waals surface area (Å²) in [7, 11) is -3.00. The quantitative estimate of drug-likeness (QED) is 0.738. The summed E-state index contributed by atoms with van der Waals surface area (Å²) < 4.78 is 23.9. The molecule has 5 heteroatoms. The standard InChI is InChI=1S/C6H12BrNO2S/c1-11(9,10)8-5-6(4-7)2-3-6/h8H,2-5H2,1H3. The molecule has 0 aromatic carbocycles. The van der Waals surface area contributed by atoms with Crippen molar-refractivity contribution in [2.75, 3.05) is 18.1 Å². The molecular formula is C6H12BrNO2S. The minimum atomic E-state index is -3.00. The molecule has 66 valence electrons. The highest BCUT2D eigenvalue weighted by Crippen LogP contribution is 2.46. The Labute approximate surface area is 75.7 Å². The van der Waals surface area contributed by atoms with Crippen LogP contribution in [0.3, 0.4) is 0 Å². The SMILES string of the molecule is CS(=O)(=O)NCC1(CBr)CC1. The van der Waals surface area contributed by atoms with E-state index >= 15 is 0 Å². The Kier molecular flexibility index (Phi) is 2.61. The minimum Gasteiger partial charge on any atom is -0.215 e. The third kappa shape index (κ3) is 3.09. The van der Waals surface area contributed by atoms with E-state index in [1.165, 1.54) is 6.26 Å². The van der Waals surface area contributed by atoms with Crippen molar-refractivity contribution in [3.05, 3.63) is 0 Å². The number of hydrogen-bond donors (Lipinski definition) is 1. The molecule has 0 aliphatic heterocycles. The zero-order chi connectivity index (χ0) is 8.54. The Hall–Kier alpha value is 0.390. The van der Waals surface area contributed by atoms with Gasteiger partial charge in [0.15, 0.2) is 0 Å². The lowest BCUT2D eigenvalue weighted by Gasteiger charge is -2.10. The van der Waals surface area contributed by atoms with Crippen LogP contribution in [0.15, 0.2) is 0 Å². The Morgan fingerprint density at radius 3 is 2.36 bits per heavy atom. The smallest absolute Gasteiger partial charge is 0.208 e. The Morgan fingerprint density at radius 2 is 2.09 bits per heavy atom. The second-order valence-corrected chi connectivity index (χ2v) is 5.62. The van der Waals surface area contributed by atoms with Crippen LogP contribution in [0, 0.1) is 5.41 Å². The second kappa shape index (κ2) is 3.03. The van der Waals surface area contributed by atoms with Crippen LogP contribution < -0.4 is 4.72 Å². The van der Waals surface area contributed by atoms with Crippen LogP contribution >= 0.6 is 15.9 Å². The van der Waals surface area contributed by atoms with Crippen molar-refractivity contribution >= 4 is 26.0 Å². The Morgan fingerprint density at radius 1 is 1.55 bits per heavy atom. The van der Waals surface area contributed by atoms with Crippen molar-refractivity contribution in [3.8, 4) is 0 Å². The normalized spacial score (nSPS) is 21.6. The average molecular weight is 242 g/mol. The molecule has 1 saturated carbocycles. The van der Waals surface area contributed by atoms with Gasteiger partial charge in [-0.05, 0) is 18.3 Å². The van der Waals surface area contributed by atoms with Crippen LogP contribution in [0.1, 0.15) is 12.8 Å². The van der Waals surface area contributed by atoms with Gasteiger partial charge in [0.05, 0.1) is 6.26 Å². The summed E-state index contributed by atoms with van der Waals surface area (Å²) in [6.07, 6.45) is 3.44. The summed E-state index contributed by atoms with van der Waals surface area (Å²) in [5.41, 5.74) is 0.225. The number of nitrogens with one attached hydrogen (secondary N) is 1. The molecule has 0 amide bonds. The van der Waals surface area contributed by atoms with Gasteiger partial charge in [0.1, 0.15) is 0 Å². The van der Waals surface area contributed by atoms with E-state index in [0.717, 1.165) is 18.2 Å². The minimum absolute atomic E-state index is 0.225. The van der Waals surface area contributed by atoms with Gasteiger partial charge in [0.2, 0.25) is 10.0 Å². The third-order valence-electron chi connectivity index (χ3n) is 1.95. The Bertz CT molecular complexity index is 233. The van der Waals surface area contributed by atoms with Crippen LogP contribution in [0.25, 0.3) is 0 Å². The molecule has 0 atom stereocenters. The molecule has 0 saturated heterocycles. The molecule has 1 rings (SSSR count). The van der Waals surface area contributed by atoms with E-state index in [1.807, 2.05) is 0 Å². The third-order valence-corrected chi connectivity index (χ3v) is 3.81. The van der Waals surface area contributed by atoms with Gasteiger partial charge in [0.25, 0.3) is 0 Å². The fourth-order valence-corrected chi connectivity index (χ4v) is 2.15. The van der Waals surface area contributed by atoms with Gasteiger partial charge in [-0.25, -0.2) is 13.1 Å². The van der Waals surface area contributed by atoms with Gasteiger partial charge >= 0.3 is 0 Å². The summed E-state index contributed by atoms with van der Waals surface area (Å²) in [5.74, 6) is 0. The number of hydrogen-bond acceptors (Lipinski definition) is 2. The molecule has 1 aliphatic rings. The van der Waals surface area contributed by atoms with Crippen molar-refractivity contribution in [3.63, 3.8) is 0 Å². The lowest BCUT2D eigenvalue weighted by atomic mass is 10.1. The highest BCUT2D eigenvalue weighted by Gasteiger charge is 2.41. The first-order chi connectivity index (χ1) is 4.97. The summed E-state index contributed by atoms with van der Waals surface area (Å²) in [6, 6.07) is 0. The van der Waals surface area contributed by atoms with Crippen LogP contribution in [0.4, 0.5) is 0 Å². The molecule has 0 spiro atoms. The van der Waals surface area contributed by atoms with Gasteiger partial charge in [-0.1, -0.05) is 15.9 Å². The summed E-state index contributed by atoms with van der Waals surface area (Å²) >= 11 is 3.37. The van der Waals surface area contributed by atoms with E-state index < -0.39 is 10.0 Å². The van der Waals surface area contributed by atoms with Gasteiger partial charge < -0.3 is 0 Å². The van der Waals surface area contributed by atoms with Crippen LogP contribution in [-0.4, -0.2) is 26.5 Å². The first-order valence-corrected chi connectivity index (χ1v) is 6.49. The van der Waals surface area contributed by atoms with Crippen molar-refractivity contribution < 1.29 is 8.42 Å². The van der Waals surface area contributed by atoms with Crippen molar-refractivity contribution in [2.24, 2.45) is 5.41 Å². The molecule has 1 N–H and O–H groups in total. The number of alkyl halides is 1. The van der Waals surface area contributed by atoms with E-state index in [9.17, 15) is 8.42 Å². The van der Waals surface area contributed by atoms with Crippen LogP contribution in [0.5, 0.6) is 0 Å². The summed E-state index contributed by atoms with van der Waals surface area (Å²) in [5, 5.41) is 0.891. The van der Waals surface area contributed by atoms with Gasteiger partial charge in [-0.3, -0.25) is 0 Å². The molecular weight excluding hydrogens is 230 g/mol. The number of rotatable bonds is 4. The van der Waals surface area contributed by atoms with Crippen molar-refractivity contribution in [1.29, 1.82) is 0 Å². The van der Waals surface area contributed by atoms with Gasteiger partial charge in [-0.2, -0.15) is 0 Å². The lowest BCUT2D eigenvalue weighted by Crippen LogP contribution is -2.29. The molecule has 0 radical (unpaired) electrons. The van der Waals surface area contributed by atoms with Crippen LogP contribution in [-0.2, 0) is 10.0 Å². The lowest BCUT2D eigenvalue weighted by molar-refractivity contribution is 0.542. The van der Waals surface area contributed by atoms with E-state index in [-0.39, 0.29) is 5.41 Å². The molecule has 1 fully saturated rings. The monoisotopic (exact) mass is 241 g/mol. The fourth-order valence-electron chi connectivity index (χ4n) is 0.819. The zero-order valence-electron chi connectivity index (χ0n) is 6.43. The van der Waals surface area contributed by atoms with E-state index in [4.69, 9.17) is 0 Å². The predicted octanol–water partition coefficient (Wildman–Crippen LogP) is 0.711. The molecule has 11 heavy (non-hydrogen) atoms. The van der Waals surface area contributed by atoms with Gasteiger partial charge in [0, 0.05) is 11.9 Å². The first kappa shape index (κ1) is 9.48.